The van der Waals surface area contributed by atoms with Gasteiger partial charge in [-0.05, 0) is 31.0 Å². The summed E-state index contributed by atoms with van der Waals surface area (Å²) < 4.78 is 10.1. The largest absolute Gasteiger partial charge is 0.494 e. The quantitative estimate of drug-likeness (QED) is 0.627. The molecule has 0 aliphatic carbocycles. The summed E-state index contributed by atoms with van der Waals surface area (Å²) in [5.74, 6) is 0.205. The number of methoxy groups -OCH3 is 1. The number of rotatable bonds is 4. The highest BCUT2D eigenvalue weighted by Crippen LogP contribution is 2.25. The van der Waals surface area contributed by atoms with Gasteiger partial charge in [-0.15, -0.1) is 0 Å². The molecule has 1 rings (SSSR count). The molecular formula is C12H17NO3. The molecule has 0 heterocycles. The third kappa shape index (κ3) is 2.66. The van der Waals surface area contributed by atoms with Crippen molar-refractivity contribution in [3.63, 3.8) is 0 Å². The zero-order valence-corrected chi connectivity index (χ0v) is 9.87. The lowest BCUT2D eigenvalue weighted by atomic mass is 10.1. The van der Waals surface area contributed by atoms with Gasteiger partial charge in [0.1, 0.15) is 5.75 Å². The number of hydrogen-bond acceptors (Lipinski definition) is 4. The van der Waals surface area contributed by atoms with E-state index in [1.807, 2.05) is 19.9 Å². The second kappa shape index (κ2) is 5.39. The number of nitrogens with two attached hydrogens (primary N) is 1. The van der Waals surface area contributed by atoms with Gasteiger partial charge in [-0.3, -0.25) is 0 Å². The van der Waals surface area contributed by atoms with E-state index in [0.29, 0.717) is 23.6 Å². The molecule has 2 N–H and O–H groups in total. The fourth-order valence-electron chi connectivity index (χ4n) is 1.35. The van der Waals surface area contributed by atoms with E-state index in [4.69, 9.17) is 10.5 Å². The Bertz CT molecular complexity index is 388. The maximum Gasteiger partial charge on any atom is 0.340 e. The van der Waals surface area contributed by atoms with Crippen LogP contribution in [0.25, 0.3) is 0 Å². The third-order valence-electron chi connectivity index (χ3n) is 2.24. The minimum absolute atomic E-state index is 0.355. The molecule has 0 atom stereocenters. The normalized spacial score (nSPS) is 9.94. The zero-order chi connectivity index (χ0) is 12.1. The topological polar surface area (TPSA) is 61.5 Å². The van der Waals surface area contributed by atoms with Crippen molar-refractivity contribution in [1.29, 1.82) is 0 Å². The predicted octanol–water partition coefficient (Wildman–Crippen LogP) is 2.15. The highest BCUT2D eigenvalue weighted by atomic mass is 16.5. The summed E-state index contributed by atoms with van der Waals surface area (Å²) in [5.41, 5.74) is 7.41. The van der Waals surface area contributed by atoms with Crippen LogP contribution in [-0.4, -0.2) is 19.7 Å². The Morgan fingerprint density at radius 2 is 2.12 bits per heavy atom. The minimum atomic E-state index is -0.442. The fourth-order valence-corrected chi connectivity index (χ4v) is 1.35. The molecule has 0 aromatic heterocycles. The summed E-state index contributed by atoms with van der Waals surface area (Å²) in [5, 5.41) is 0. The van der Waals surface area contributed by atoms with Gasteiger partial charge in [-0.2, -0.15) is 0 Å². The summed E-state index contributed by atoms with van der Waals surface area (Å²) in [7, 11) is 1.33. The SMILES string of the molecule is CCCOc1cc(C)c(N)c(C(=O)OC)c1. The Kier molecular flexibility index (Phi) is 4.17. The molecule has 4 nitrogen and oxygen atoms in total. The van der Waals surface area contributed by atoms with Gasteiger partial charge in [-0.1, -0.05) is 6.92 Å². The molecule has 0 fully saturated rings. The van der Waals surface area contributed by atoms with Crippen molar-refractivity contribution in [2.24, 2.45) is 0 Å². The Hall–Kier alpha value is -1.71. The second-order valence-corrected chi connectivity index (χ2v) is 3.54. The van der Waals surface area contributed by atoms with Crippen molar-refractivity contribution in [3.8, 4) is 5.75 Å². The van der Waals surface area contributed by atoms with Crippen molar-refractivity contribution >= 4 is 11.7 Å². The van der Waals surface area contributed by atoms with Crippen LogP contribution in [0.5, 0.6) is 5.75 Å². The van der Waals surface area contributed by atoms with E-state index in [9.17, 15) is 4.79 Å². The van der Waals surface area contributed by atoms with Crippen LogP contribution >= 0.6 is 0 Å². The lowest BCUT2D eigenvalue weighted by Crippen LogP contribution is -2.08. The first-order chi connectivity index (χ1) is 7.60. The molecule has 1 aromatic rings. The zero-order valence-electron chi connectivity index (χ0n) is 9.87. The number of esters is 1. The molecule has 0 aliphatic heterocycles. The first-order valence-corrected chi connectivity index (χ1v) is 5.21. The van der Waals surface area contributed by atoms with Crippen molar-refractivity contribution in [2.45, 2.75) is 20.3 Å². The monoisotopic (exact) mass is 223 g/mol. The van der Waals surface area contributed by atoms with E-state index in [-0.39, 0.29) is 0 Å². The van der Waals surface area contributed by atoms with Crippen molar-refractivity contribution < 1.29 is 14.3 Å². The van der Waals surface area contributed by atoms with Gasteiger partial charge < -0.3 is 15.2 Å². The molecule has 0 aliphatic rings. The van der Waals surface area contributed by atoms with Crippen LogP contribution in [0.4, 0.5) is 5.69 Å². The molecule has 88 valence electrons. The Morgan fingerprint density at radius 3 is 2.69 bits per heavy atom. The average molecular weight is 223 g/mol. The molecule has 0 radical (unpaired) electrons. The number of ether oxygens (including phenoxy) is 2. The molecule has 0 saturated carbocycles. The molecule has 0 unspecified atom stereocenters. The van der Waals surface area contributed by atoms with Crippen LogP contribution in [0.1, 0.15) is 29.3 Å². The highest BCUT2D eigenvalue weighted by molar-refractivity contribution is 5.96. The van der Waals surface area contributed by atoms with Gasteiger partial charge >= 0.3 is 5.97 Å². The van der Waals surface area contributed by atoms with Crippen molar-refractivity contribution in [1.82, 2.24) is 0 Å². The molecular weight excluding hydrogens is 206 g/mol. The van der Waals surface area contributed by atoms with Crippen molar-refractivity contribution in [3.05, 3.63) is 23.3 Å². The number of carbonyl (C=O) groups excluding carboxylic acids is 1. The number of aryl methyl sites for hydroxylation is 1. The van der Waals surface area contributed by atoms with E-state index in [2.05, 4.69) is 4.74 Å². The Labute approximate surface area is 95.3 Å². The summed E-state index contributed by atoms with van der Waals surface area (Å²) in [6, 6.07) is 3.43. The number of hydrogen-bond donors (Lipinski definition) is 1. The lowest BCUT2D eigenvalue weighted by molar-refractivity contribution is 0.0601. The van der Waals surface area contributed by atoms with Crippen LogP contribution < -0.4 is 10.5 Å². The lowest BCUT2D eigenvalue weighted by Gasteiger charge is -2.11. The van der Waals surface area contributed by atoms with Gasteiger partial charge in [0.15, 0.2) is 0 Å². The fraction of sp³-hybridized carbons (Fsp3) is 0.417. The van der Waals surface area contributed by atoms with Crippen LogP contribution in [0, 0.1) is 6.92 Å². The van der Waals surface area contributed by atoms with Crippen LogP contribution in [0.2, 0.25) is 0 Å². The molecule has 0 saturated heterocycles. The molecule has 1 aromatic carbocycles. The number of benzene rings is 1. The summed E-state index contributed by atoms with van der Waals surface area (Å²) in [6.45, 7) is 4.47. The van der Waals surface area contributed by atoms with E-state index in [1.54, 1.807) is 6.07 Å². The van der Waals surface area contributed by atoms with E-state index >= 15 is 0 Å². The third-order valence-corrected chi connectivity index (χ3v) is 2.24. The van der Waals surface area contributed by atoms with Gasteiger partial charge in [-0.25, -0.2) is 4.79 Å². The predicted molar refractivity (Wildman–Crippen MR) is 62.7 cm³/mol. The summed E-state index contributed by atoms with van der Waals surface area (Å²) in [6.07, 6.45) is 0.914. The molecule has 0 amide bonds. The molecule has 0 spiro atoms. The van der Waals surface area contributed by atoms with Gasteiger partial charge in [0, 0.05) is 5.69 Å². The molecule has 4 heteroatoms. The number of nitrogen functional groups attached to an aromatic ring is 1. The maximum atomic E-state index is 11.5. The van der Waals surface area contributed by atoms with E-state index in [1.165, 1.54) is 7.11 Å². The van der Waals surface area contributed by atoms with Crippen LogP contribution in [-0.2, 0) is 4.74 Å². The summed E-state index contributed by atoms with van der Waals surface area (Å²) in [4.78, 5) is 11.5. The number of carbonyl (C=O) groups is 1. The highest BCUT2D eigenvalue weighted by Gasteiger charge is 2.13. The first-order valence-electron chi connectivity index (χ1n) is 5.21. The van der Waals surface area contributed by atoms with Gasteiger partial charge in [0.25, 0.3) is 0 Å². The van der Waals surface area contributed by atoms with Crippen molar-refractivity contribution in [2.75, 3.05) is 19.5 Å². The number of anilines is 1. The Morgan fingerprint density at radius 1 is 1.44 bits per heavy atom. The average Bonchev–Trinajstić information content (AvgIpc) is 2.29. The first kappa shape index (κ1) is 12.4. The van der Waals surface area contributed by atoms with Crippen LogP contribution in [0.3, 0.4) is 0 Å². The van der Waals surface area contributed by atoms with E-state index in [0.717, 1.165) is 12.0 Å². The Balaban J connectivity index is 3.06. The maximum absolute atomic E-state index is 11.5. The van der Waals surface area contributed by atoms with Gasteiger partial charge in [0.05, 0.1) is 19.3 Å². The smallest absolute Gasteiger partial charge is 0.340 e. The second-order valence-electron chi connectivity index (χ2n) is 3.54. The molecule has 0 bridgehead atoms. The molecule has 16 heavy (non-hydrogen) atoms. The van der Waals surface area contributed by atoms with Crippen LogP contribution in [0.15, 0.2) is 12.1 Å². The van der Waals surface area contributed by atoms with Gasteiger partial charge in [0.2, 0.25) is 0 Å². The summed E-state index contributed by atoms with van der Waals surface area (Å²) >= 11 is 0. The minimum Gasteiger partial charge on any atom is -0.494 e. The van der Waals surface area contributed by atoms with E-state index < -0.39 is 5.97 Å². The standard InChI is InChI=1S/C12H17NO3/c1-4-5-16-9-6-8(2)11(13)10(7-9)12(14)15-3/h6-7H,4-5,13H2,1-3H3.